The first-order valence-corrected chi connectivity index (χ1v) is 8.21. The van der Waals surface area contributed by atoms with Gasteiger partial charge in [-0.05, 0) is 37.1 Å². The predicted octanol–water partition coefficient (Wildman–Crippen LogP) is 2.42. The summed E-state index contributed by atoms with van der Waals surface area (Å²) in [6.07, 6.45) is 1.91. The van der Waals surface area contributed by atoms with E-state index in [-0.39, 0.29) is 11.8 Å². The quantitative estimate of drug-likeness (QED) is 0.870. The number of hydrogen-bond donors (Lipinski definition) is 0. The van der Waals surface area contributed by atoms with Gasteiger partial charge in [0.25, 0.3) is 5.91 Å². The number of amides is 2. The van der Waals surface area contributed by atoms with E-state index < -0.39 is 0 Å². The Morgan fingerprint density at radius 3 is 2.38 bits per heavy atom. The fourth-order valence-corrected chi connectivity index (χ4v) is 3.03. The van der Waals surface area contributed by atoms with Gasteiger partial charge in [0.1, 0.15) is 0 Å². The van der Waals surface area contributed by atoms with Crippen LogP contribution < -0.4 is 0 Å². The monoisotopic (exact) mass is 326 g/mol. The van der Waals surface area contributed by atoms with Crippen LogP contribution in [0.4, 0.5) is 0 Å². The molecule has 0 saturated carbocycles. The van der Waals surface area contributed by atoms with Gasteiger partial charge in [0.15, 0.2) is 5.76 Å². The molecule has 1 fully saturated rings. The molecule has 1 aromatic heterocycles. The molecule has 0 radical (unpaired) electrons. The van der Waals surface area contributed by atoms with Crippen LogP contribution in [-0.4, -0.2) is 47.8 Å². The SMILES string of the molecule is Cc1ccc(CC(=O)N2CCN(C(=O)c3ccco3)CC2)c(C)c1. The lowest BCUT2D eigenvalue weighted by Gasteiger charge is -2.34. The molecule has 1 saturated heterocycles. The van der Waals surface area contributed by atoms with Crippen LogP contribution in [0.5, 0.6) is 0 Å². The third kappa shape index (κ3) is 3.50. The first-order chi connectivity index (χ1) is 11.5. The van der Waals surface area contributed by atoms with Gasteiger partial charge in [-0.2, -0.15) is 0 Å². The number of furan rings is 1. The minimum atomic E-state index is -0.110. The van der Waals surface area contributed by atoms with Crippen LogP contribution in [-0.2, 0) is 11.2 Å². The maximum Gasteiger partial charge on any atom is 0.289 e. The first-order valence-electron chi connectivity index (χ1n) is 8.21. The second-order valence-corrected chi connectivity index (χ2v) is 6.26. The molecular weight excluding hydrogens is 304 g/mol. The van der Waals surface area contributed by atoms with E-state index in [4.69, 9.17) is 4.42 Å². The normalized spacial score (nSPS) is 14.8. The molecule has 1 aliphatic rings. The van der Waals surface area contributed by atoms with E-state index in [9.17, 15) is 9.59 Å². The molecule has 5 nitrogen and oxygen atoms in total. The first kappa shape index (κ1) is 16.3. The smallest absolute Gasteiger partial charge is 0.289 e. The lowest BCUT2D eigenvalue weighted by molar-refractivity contribution is -0.131. The van der Waals surface area contributed by atoms with Crippen molar-refractivity contribution in [1.29, 1.82) is 0 Å². The second kappa shape index (κ2) is 6.91. The number of rotatable bonds is 3. The van der Waals surface area contributed by atoms with E-state index in [1.807, 2.05) is 30.9 Å². The molecule has 0 bridgehead atoms. The van der Waals surface area contributed by atoms with Gasteiger partial charge in [0.05, 0.1) is 12.7 Å². The molecule has 2 aromatic rings. The van der Waals surface area contributed by atoms with Gasteiger partial charge in [-0.25, -0.2) is 0 Å². The van der Waals surface area contributed by atoms with Crippen molar-refractivity contribution in [3.8, 4) is 0 Å². The predicted molar refractivity (Wildman–Crippen MR) is 90.8 cm³/mol. The molecule has 0 N–H and O–H groups in total. The third-order valence-electron chi connectivity index (χ3n) is 4.49. The van der Waals surface area contributed by atoms with Crippen molar-refractivity contribution in [2.75, 3.05) is 26.2 Å². The summed E-state index contributed by atoms with van der Waals surface area (Å²) in [5.41, 5.74) is 3.42. The average molecular weight is 326 g/mol. The van der Waals surface area contributed by atoms with Crippen LogP contribution in [0.2, 0.25) is 0 Å². The number of nitrogens with zero attached hydrogens (tertiary/aromatic N) is 2. The van der Waals surface area contributed by atoms with Crippen molar-refractivity contribution in [3.63, 3.8) is 0 Å². The molecule has 24 heavy (non-hydrogen) atoms. The Kier molecular flexibility index (Phi) is 4.69. The molecule has 1 aliphatic heterocycles. The zero-order valence-corrected chi connectivity index (χ0v) is 14.1. The van der Waals surface area contributed by atoms with Crippen molar-refractivity contribution >= 4 is 11.8 Å². The average Bonchev–Trinajstić information content (AvgIpc) is 3.11. The summed E-state index contributed by atoms with van der Waals surface area (Å²) < 4.78 is 5.15. The van der Waals surface area contributed by atoms with Gasteiger partial charge < -0.3 is 14.2 Å². The van der Waals surface area contributed by atoms with Gasteiger partial charge >= 0.3 is 0 Å². The van der Waals surface area contributed by atoms with Gasteiger partial charge in [-0.3, -0.25) is 9.59 Å². The molecule has 1 aromatic carbocycles. The minimum Gasteiger partial charge on any atom is -0.459 e. The second-order valence-electron chi connectivity index (χ2n) is 6.26. The summed E-state index contributed by atoms with van der Waals surface area (Å²) in [7, 11) is 0. The van der Waals surface area contributed by atoms with E-state index >= 15 is 0 Å². The van der Waals surface area contributed by atoms with E-state index in [0.717, 1.165) is 11.1 Å². The zero-order chi connectivity index (χ0) is 17.1. The molecule has 0 atom stereocenters. The zero-order valence-electron chi connectivity index (χ0n) is 14.1. The number of carbonyl (C=O) groups is 2. The van der Waals surface area contributed by atoms with Crippen LogP contribution in [0.3, 0.4) is 0 Å². The molecule has 5 heteroatoms. The number of piperazine rings is 1. The molecule has 126 valence electrons. The van der Waals surface area contributed by atoms with Crippen molar-refractivity contribution in [2.24, 2.45) is 0 Å². The molecule has 2 amide bonds. The van der Waals surface area contributed by atoms with Crippen LogP contribution in [0, 0.1) is 13.8 Å². The van der Waals surface area contributed by atoms with Gasteiger partial charge in [-0.1, -0.05) is 23.8 Å². The van der Waals surface area contributed by atoms with Crippen LogP contribution in [0.15, 0.2) is 41.0 Å². The highest BCUT2D eigenvalue weighted by atomic mass is 16.3. The van der Waals surface area contributed by atoms with Crippen molar-refractivity contribution in [2.45, 2.75) is 20.3 Å². The Morgan fingerprint density at radius 1 is 1.04 bits per heavy atom. The summed E-state index contributed by atoms with van der Waals surface area (Å²) in [5.74, 6) is 0.360. The highest BCUT2D eigenvalue weighted by Crippen LogP contribution is 2.14. The molecule has 0 unspecified atom stereocenters. The number of hydrogen-bond acceptors (Lipinski definition) is 3. The fourth-order valence-electron chi connectivity index (χ4n) is 3.03. The Morgan fingerprint density at radius 2 is 1.75 bits per heavy atom. The third-order valence-corrected chi connectivity index (χ3v) is 4.49. The molecule has 3 rings (SSSR count). The van der Waals surface area contributed by atoms with E-state index in [2.05, 4.69) is 6.07 Å². The minimum absolute atomic E-state index is 0.110. The maximum atomic E-state index is 12.5. The molecule has 0 spiro atoms. The van der Waals surface area contributed by atoms with Gasteiger partial charge in [0, 0.05) is 26.2 Å². The molecule has 2 heterocycles. The number of aryl methyl sites for hydroxylation is 2. The van der Waals surface area contributed by atoms with Crippen molar-refractivity contribution in [3.05, 3.63) is 59.0 Å². The number of carbonyl (C=O) groups excluding carboxylic acids is 2. The van der Waals surface area contributed by atoms with Crippen molar-refractivity contribution in [1.82, 2.24) is 9.80 Å². The summed E-state index contributed by atoms with van der Waals surface area (Å²) >= 11 is 0. The standard InChI is InChI=1S/C19H22N2O3/c1-14-5-6-16(15(2)12-14)13-18(22)20-7-9-21(10-8-20)19(23)17-4-3-11-24-17/h3-6,11-12H,7-10,13H2,1-2H3. The lowest BCUT2D eigenvalue weighted by Crippen LogP contribution is -2.51. The summed E-state index contributed by atoms with van der Waals surface area (Å²) in [4.78, 5) is 28.3. The highest BCUT2D eigenvalue weighted by molar-refractivity contribution is 5.91. The Hall–Kier alpha value is -2.56. The number of benzene rings is 1. The molecular formula is C19H22N2O3. The Labute approximate surface area is 141 Å². The van der Waals surface area contributed by atoms with E-state index in [1.54, 1.807) is 17.0 Å². The summed E-state index contributed by atoms with van der Waals surface area (Å²) in [5, 5.41) is 0. The largest absolute Gasteiger partial charge is 0.459 e. The summed E-state index contributed by atoms with van der Waals surface area (Å²) in [6, 6.07) is 9.54. The highest BCUT2D eigenvalue weighted by Gasteiger charge is 2.26. The fraction of sp³-hybridized carbons (Fsp3) is 0.368. The summed E-state index contributed by atoms with van der Waals surface area (Å²) in [6.45, 7) is 6.30. The van der Waals surface area contributed by atoms with Crippen LogP contribution in [0.1, 0.15) is 27.2 Å². The lowest BCUT2D eigenvalue weighted by atomic mass is 10.0. The van der Waals surface area contributed by atoms with E-state index in [0.29, 0.717) is 38.4 Å². The Balaban J connectivity index is 1.56. The van der Waals surface area contributed by atoms with Crippen LogP contribution in [0.25, 0.3) is 0 Å². The van der Waals surface area contributed by atoms with E-state index in [1.165, 1.54) is 11.8 Å². The van der Waals surface area contributed by atoms with Gasteiger partial charge in [-0.15, -0.1) is 0 Å². The Bertz CT molecular complexity index is 729. The molecule has 0 aliphatic carbocycles. The van der Waals surface area contributed by atoms with Gasteiger partial charge in [0.2, 0.25) is 5.91 Å². The van der Waals surface area contributed by atoms with Crippen molar-refractivity contribution < 1.29 is 14.0 Å². The topological polar surface area (TPSA) is 53.8 Å². The van der Waals surface area contributed by atoms with Crippen LogP contribution >= 0.6 is 0 Å². The maximum absolute atomic E-state index is 12.5.